The van der Waals surface area contributed by atoms with Crippen molar-refractivity contribution in [2.45, 2.75) is 12.2 Å². The first-order valence-corrected chi connectivity index (χ1v) is 3.35. The fraction of sp³-hybridized carbons (Fsp3) is 1.00. The largest absolute Gasteiger partial charge is 0.367 e. The monoisotopic (exact) mass is 187 g/mol. The molecule has 1 aliphatic heterocycles. The molecule has 0 bridgehead atoms. The SMILES string of the molecule is Cl.FCC1CNCC(CF)O1. The quantitative estimate of drug-likeness (QED) is 0.688. The Morgan fingerprint density at radius 3 is 2.00 bits per heavy atom. The fourth-order valence-corrected chi connectivity index (χ4v) is 0.956. The van der Waals surface area contributed by atoms with Crippen molar-refractivity contribution in [2.24, 2.45) is 0 Å². The number of rotatable bonds is 2. The highest BCUT2D eigenvalue weighted by atomic mass is 35.5. The van der Waals surface area contributed by atoms with E-state index in [1.807, 2.05) is 0 Å². The van der Waals surface area contributed by atoms with Crippen LogP contribution in [-0.2, 0) is 4.74 Å². The van der Waals surface area contributed by atoms with E-state index in [1.54, 1.807) is 0 Å². The second-order valence-electron chi connectivity index (χ2n) is 2.35. The molecule has 0 aromatic carbocycles. The average Bonchev–Trinajstić information content (AvgIpc) is 2.05. The van der Waals surface area contributed by atoms with E-state index in [1.165, 1.54) is 0 Å². The molecule has 0 aliphatic carbocycles. The van der Waals surface area contributed by atoms with Crippen molar-refractivity contribution in [1.82, 2.24) is 5.32 Å². The van der Waals surface area contributed by atoms with Crippen LogP contribution in [0.4, 0.5) is 8.78 Å². The van der Waals surface area contributed by atoms with Gasteiger partial charge in [0.25, 0.3) is 0 Å². The van der Waals surface area contributed by atoms with E-state index in [9.17, 15) is 8.78 Å². The lowest BCUT2D eigenvalue weighted by Gasteiger charge is -2.27. The Morgan fingerprint density at radius 2 is 1.64 bits per heavy atom. The molecule has 1 aliphatic rings. The van der Waals surface area contributed by atoms with Gasteiger partial charge in [0.15, 0.2) is 0 Å². The topological polar surface area (TPSA) is 21.3 Å². The number of ether oxygens (including phenoxy) is 1. The Labute approximate surface area is 70.7 Å². The maximum Gasteiger partial charge on any atom is 0.117 e. The summed E-state index contributed by atoms with van der Waals surface area (Å²) in [5.41, 5.74) is 0. The summed E-state index contributed by atoms with van der Waals surface area (Å²) in [6.07, 6.45) is -0.899. The highest BCUT2D eigenvalue weighted by Gasteiger charge is 2.21. The summed E-state index contributed by atoms with van der Waals surface area (Å²) in [6, 6.07) is 0. The Hall–Kier alpha value is 0.0700. The summed E-state index contributed by atoms with van der Waals surface area (Å²) in [5, 5.41) is 2.88. The van der Waals surface area contributed by atoms with Crippen LogP contribution in [0.1, 0.15) is 0 Å². The van der Waals surface area contributed by atoms with Gasteiger partial charge in [0.05, 0.1) is 12.2 Å². The normalized spacial score (nSPS) is 31.1. The lowest BCUT2D eigenvalue weighted by molar-refractivity contribution is -0.0556. The molecule has 11 heavy (non-hydrogen) atoms. The predicted molar refractivity (Wildman–Crippen MR) is 40.7 cm³/mol. The van der Waals surface area contributed by atoms with E-state index in [4.69, 9.17) is 4.74 Å². The van der Waals surface area contributed by atoms with Crippen LogP contribution in [0.2, 0.25) is 0 Å². The van der Waals surface area contributed by atoms with Gasteiger partial charge in [0, 0.05) is 13.1 Å². The van der Waals surface area contributed by atoms with E-state index in [0.717, 1.165) is 0 Å². The first-order chi connectivity index (χ1) is 4.86. The van der Waals surface area contributed by atoms with Crippen LogP contribution in [-0.4, -0.2) is 38.6 Å². The molecule has 1 fully saturated rings. The van der Waals surface area contributed by atoms with E-state index in [0.29, 0.717) is 13.1 Å². The molecule has 0 aromatic heterocycles. The van der Waals surface area contributed by atoms with Crippen LogP contribution in [0.5, 0.6) is 0 Å². The molecule has 0 amide bonds. The van der Waals surface area contributed by atoms with Gasteiger partial charge in [0.2, 0.25) is 0 Å². The molecule has 5 heteroatoms. The third-order valence-corrected chi connectivity index (χ3v) is 1.47. The number of nitrogens with one attached hydrogen (secondary N) is 1. The molecule has 68 valence electrons. The standard InChI is InChI=1S/C6H11F2NO.ClH/c7-1-5-3-9-4-6(2-8)10-5;/h5-6,9H,1-4H2;1H. The molecule has 1 heterocycles. The maximum absolute atomic E-state index is 11.9. The summed E-state index contributed by atoms with van der Waals surface area (Å²) in [4.78, 5) is 0. The third kappa shape index (κ3) is 3.31. The summed E-state index contributed by atoms with van der Waals surface area (Å²) >= 11 is 0. The van der Waals surface area contributed by atoms with Crippen LogP contribution in [0.3, 0.4) is 0 Å². The average molecular weight is 188 g/mol. The van der Waals surface area contributed by atoms with Gasteiger partial charge < -0.3 is 10.1 Å². The molecular formula is C6H12ClF2NO. The summed E-state index contributed by atoms with van der Waals surface area (Å²) in [7, 11) is 0. The number of morpholine rings is 1. The second-order valence-corrected chi connectivity index (χ2v) is 2.35. The number of alkyl halides is 2. The van der Waals surface area contributed by atoms with Crippen molar-refractivity contribution < 1.29 is 13.5 Å². The highest BCUT2D eigenvalue weighted by molar-refractivity contribution is 5.85. The zero-order valence-corrected chi connectivity index (χ0v) is 6.87. The molecule has 0 aromatic rings. The van der Waals surface area contributed by atoms with Gasteiger partial charge >= 0.3 is 0 Å². The van der Waals surface area contributed by atoms with Crippen molar-refractivity contribution in [3.8, 4) is 0 Å². The molecule has 0 saturated carbocycles. The van der Waals surface area contributed by atoms with Crippen LogP contribution < -0.4 is 5.32 Å². The zero-order valence-electron chi connectivity index (χ0n) is 6.06. The molecule has 2 nitrogen and oxygen atoms in total. The van der Waals surface area contributed by atoms with Gasteiger partial charge in [-0.3, -0.25) is 0 Å². The maximum atomic E-state index is 11.9. The van der Waals surface area contributed by atoms with Crippen LogP contribution in [0.25, 0.3) is 0 Å². The Morgan fingerprint density at radius 1 is 1.18 bits per heavy atom. The van der Waals surface area contributed by atoms with Gasteiger partial charge in [-0.25, -0.2) is 8.78 Å². The third-order valence-electron chi connectivity index (χ3n) is 1.47. The van der Waals surface area contributed by atoms with E-state index < -0.39 is 25.6 Å². The molecule has 1 saturated heterocycles. The van der Waals surface area contributed by atoms with Crippen LogP contribution in [0.15, 0.2) is 0 Å². The van der Waals surface area contributed by atoms with Gasteiger partial charge in [-0.15, -0.1) is 12.4 Å². The summed E-state index contributed by atoms with van der Waals surface area (Å²) < 4.78 is 28.8. The van der Waals surface area contributed by atoms with Crippen molar-refractivity contribution in [1.29, 1.82) is 0 Å². The lowest BCUT2D eigenvalue weighted by atomic mass is 10.2. The van der Waals surface area contributed by atoms with E-state index >= 15 is 0 Å². The first-order valence-electron chi connectivity index (χ1n) is 3.35. The van der Waals surface area contributed by atoms with Crippen molar-refractivity contribution in [3.63, 3.8) is 0 Å². The Kier molecular flexibility index (Phi) is 5.72. The summed E-state index contributed by atoms with van der Waals surface area (Å²) in [5.74, 6) is 0. The van der Waals surface area contributed by atoms with E-state index in [2.05, 4.69) is 5.32 Å². The molecule has 1 N–H and O–H groups in total. The number of hydrogen-bond acceptors (Lipinski definition) is 2. The molecule has 0 spiro atoms. The van der Waals surface area contributed by atoms with Crippen molar-refractivity contribution in [3.05, 3.63) is 0 Å². The van der Waals surface area contributed by atoms with Crippen molar-refractivity contribution in [2.75, 3.05) is 26.4 Å². The Balaban J connectivity index is 0.000001000. The van der Waals surface area contributed by atoms with Crippen molar-refractivity contribution >= 4 is 12.4 Å². The van der Waals surface area contributed by atoms with Crippen LogP contribution >= 0.6 is 12.4 Å². The summed E-state index contributed by atoms with van der Waals surface area (Å²) in [6.45, 7) is -0.0903. The molecule has 2 atom stereocenters. The molecule has 0 radical (unpaired) electrons. The van der Waals surface area contributed by atoms with Crippen LogP contribution in [0, 0.1) is 0 Å². The van der Waals surface area contributed by atoms with Gasteiger partial charge in [-0.2, -0.15) is 0 Å². The fourth-order valence-electron chi connectivity index (χ4n) is 0.956. The predicted octanol–water partition coefficient (Wildman–Crippen LogP) is 0.704. The lowest BCUT2D eigenvalue weighted by Crippen LogP contribution is -2.46. The number of halogens is 3. The van der Waals surface area contributed by atoms with Gasteiger partial charge in [-0.1, -0.05) is 0 Å². The van der Waals surface area contributed by atoms with Gasteiger partial charge in [-0.05, 0) is 0 Å². The molecular weight excluding hydrogens is 176 g/mol. The number of hydrogen-bond donors (Lipinski definition) is 1. The van der Waals surface area contributed by atoms with E-state index in [-0.39, 0.29) is 12.4 Å². The smallest absolute Gasteiger partial charge is 0.117 e. The van der Waals surface area contributed by atoms with Gasteiger partial charge in [0.1, 0.15) is 13.3 Å². The minimum absolute atomic E-state index is 0. The first kappa shape index (κ1) is 11.1. The second kappa shape index (κ2) is 5.69. The highest BCUT2D eigenvalue weighted by Crippen LogP contribution is 2.04. The molecule has 2 unspecified atom stereocenters. The minimum atomic E-state index is -0.538. The Bertz CT molecular complexity index is 96.6. The zero-order chi connectivity index (χ0) is 7.40. The minimum Gasteiger partial charge on any atom is -0.367 e. The molecule has 1 rings (SSSR count).